The quantitative estimate of drug-likeness (QED) is 0.689. The van der Waals surface area contributed by atoms with Crippen LogP contribution < -0.4 is 0 Å². The summed E-state index contributed by atoms with van der Waals surface area (Å²) in [5, 5.41) is 24.5. The first kappa shape index (κ1) is 13.3. The van der Waals surface area contributed by atoms with Gasteiger partial charge in [0.15, 0.2) is 5.69 Å². The van der Waals surface area contributed by atoms with Crippen molar-refractivity contribution in [3.05, 3.63) is 50.8 Å². The molecule has 0 bridgehead atoms. The fourth-order valence-electron chi connectivity index (χ4n) is 2.77. The molecule has 0 aliphatic heterocycles. The van der Waals surface area contributed by atoms with E-state index in [0.29, 0.717) is 24.1 Å². The van der Waals surface area contributed by atoms with Crippen LogP contribution in [0.15, 0.2) is 18.2 Å². The number of rotatable bonds is 3. The number of aromatic nitrogens is 2. The van der Waals surface area contributed by atoms with Gasteiger partial charge in [-0.25, -0.2) is 9.48 Å². The highest BCUT2D eigenvalue weighted by atomic mass is 16.6. The van der Waals surface area contributed by atoms with Gasteiger partial charge in [-0.15, -0.1) is 0 Å². The van der Waals surface area contributed by atoms with Gasteiger partial charge >= 0.3 is 5.97 Å². The van der Waals surface area contributed by atoms with E-state index in [1.165, 1.54) is 10.7 Å². The Labute approximate surface area is 120 Å². The summed E-state index contributed by atoms with van der Waals surface area (Å²) >= 11 is 0. The van der Waals surface area contributed by atoms with Crippen molar-refractivity contribution in [2.45, 2.75) is 26.2 Å². The summed E-state index contributed by atoms with van der Waals surface area (Å²) in [4.78, 5) is 22.0. The molecule has 3 rings (SSSR count). The van der Waals surface area contributed by atoms with E-state index in [9.17, 15) is 20.0 Å². The van der Waals surface area contributed by atoms with Crippen LogP contribution in [0, 0.1) is 17.0 Å². The SMILES string of the molecule is Cc1ccc([N+](=O)[O-])c(-n2nc(C(=O)O)c3c2CCC3)c1. The number of carboxylic acid groups (broad SMARTS) is 1. The molecular weight excluding hydrogens is 274 g/mol. The molecule has 108 valence electrons. The Hall–Kier alpha value is -2.70. The number of hydrogen-bond donors (Lipinski definition) is 1. The second kappa shape index (κ2) is 4.69. The molecule has 1 N–H and O–H groups in total. The number of aromatic carboxylic acids is 1. The van der Waals surface area contributed by atoms with Crippen molar-refractivity contribution < 1.29 is 14.8 Å². The Balaban J connectivity index is 2.27. The van der Waals surface area contributed by atoms with Crippen LogP contribution in [0.3, 0.4) is 0 Å². The average Bonchev–Trinajstić information content (AvgIpc) is 2.98. The lowest BCUT2D eigenvalue weighted by Gasteiger charge is -2.07. The van der Waals surface area contributed by atoms with Crippen molar-refractivity contribution in [3.8, 4) is 5.69 Å². The molecule has 0 spiro atoms. The third-order valence-electron chi connectivity index (χ3n) is 3.69. The van der Waals surface area contributed by atoms with Crippen LogP contribution in [0.25, 0.3) is 5.69 Å². The maximum Gasteiger partial charge on any atom is 0.356 e. The number of fused-ring (bicyclic) bond motifs is 1. The molecular formula is C14H13N3O4. The van der Waals surface area contributed by atoms with Crippen LogP contribution in [0.5, 0.6) is 0 Å². The fraction of sp³-hybridized carbons (Fsp3) is 0.286. The zero-order valence-electron chi connectivity index (χ0n) is 11.4. The molecule has 0 amide bonds. The largest absolute Gasteiger partial charge is 0.476 e. The molecule has 1 aromatic carbocycles. The minimum absolute atomic E-state index is 0.00157. The van der Waals surface area contributed by atoms with Crippen LogP contribution in [-0.2, 0) is 12.8 Å². The number of carbonyl (C=O) groups is 1. The van der Waals surface area contributed by atoms with Crippen LogP contribution in [-0.4, -0.2) is 25.8 Å². The lowest BCUT2D eigenvalue weighted by Crippen LogP contribution is -2.07. The Morgan fingerprint density at radius 2 is 2.19 bits per heavy atom. The summed E-state index contributed by atoms with van der Waals surface area (Å²) in [6.07, 6.45) is 2.17. The Bertz CT molecular complexity index is 764. The topological polar surface area (TPSA) is 98.3 Å². The van der Waals surface area contributed by atoms with Crippen LogP contribution in [0.2, 0.25) is 0 Å². The van der Waals surface area contributed by atoms with Gasteiger partial charge < -0.3 is 5.11 Å². The number of nitro groups is 1. The molecule has 0 atom stereocenters. The number of hydrogen-bond acceptors (Lipinski definition) is 4. The minimum Gasteiger partial charge on any atom is -0.476 e. The van der Waals surface area contributed by atoms with Crippen molar-refractivity contribution in [1.29, 1.82) is 0 Å². The fourth-order valence-corrected chi connectivity index (χ4v) is 2.77. The number of nitrogens with zero attached hydrogens (tertiary/aromatic N) is 3. The predicted octanol–water partition coefficient (Wildman–Crippen LogP) is 2.28. The van der Waals surface area contributed by atoms with Gasteiger partial charge in [0.25, 0.3) is 5.69 Å². The van der Waals surface area contributed by atoms with E-state index in [1.807, 2.05) is 6.92 Å². The smallest absolute Gasteiger partial charge is 0.356 e. The van der Waals surface area contributed by atoms with Crippen LogP contribution >= 0.6 is 0 Å². The first-order valence-corrected chi connectivity index (χ1v) is 6.58. The zero-order valence-corrected chi connectivity index (χ0v) is 11.4. The van der Waals surface area contributed by atoms with Gasteiger partial charge in [-0.2, -0.15) is 5.10 Å². The first-order valence-electron chi connectivity index (χ1n) is 6.58. The van der Waals surface area contributed by atoms with Crippen molar-refractivity contribution in [1.82, 2.24) is 9.78 Å². The maximum atomic E-state index is 11.3. The third kappa shape index (κ3) is 2.06. The molecule has 7 nitrogen and oxygen atoms in total. The molecule has 0 unspecified atom stereocenters. The highest BCUT2D eigenvalue weighted by molar-refractivity contribution is 5.88. The maximum absolute atomic E-state index is 11.3. The standard InChI is InChI=1S/C14H13N3O4/c1-8-5-6-11(17(20)21)12(7-8)16-10-4-2-3-9(10)13(15-16)14(18)19/h5-7H,2-4H2,1H3,(H,18,19). The molecule has 0 radical (unpaired) electrons. The molecule has 21 heavy (non-hydrogen) atoms. The van der Waals surface area contributed by atoms with Crippen molar-refractivity contribution in [3.63, 3.8) is 0 Å². The van der Waals surface area contributed by atoms with Gasteiger partial charge in [-0.05, 0) is 37.8 Å². The highest BCUT2D eigenvalue weighted by Gasteiger charge is 2.29. The lowest BCUT2D eigenvalue weighted by molar-refractivity contribution is -0.384. The van der Waals surface area contributed by atoms with Crippen LogP contribution in [0.1, 0.15) is 33.7 Å². The molecule has 0 saturated carbocycles. The molecule has 0 saturated heterocycles. The summed E-state index contributed by atoms with van der Waals surface area (Å²) in [7, 11) is 0. The number of nitro benzene ring substituents is 1. The number of aryl methyl sites for hydroxylation is 1. The predicted molar refractivity (Wildman–Crippen MR) is 73.9 cm³/mol. The first-order chi connectivity index (χ1) is 9.99. The van der Waals surface area contributed by atoms with Crippen LogP contribution in [0.4, 0.5) is 5.69 Å². The van der Waals surface area contributed by atoms with Gasteiger partial charge in [0.1, 0.15) is 5.69 Å². The Morgan fingerprint density at radius 3 is 2.86 bits per heavy atom. The van der Waals surface area contributed by atoms with Gasteiger partial charge in [0, 0.05) is 17.3 Å². The van der Waals surface area contributed by atoms with Crippen molar-refractivity contribution in [2.24, 2.45) is 0 Å². The van der Waals surface area contributed by atoms with E-state index < -0.39 is 10.9 Å². The monoisotopic (exact) mass is 287 g/mol. The molecule has 1 aliphatic carbocycles. The van der Waals surface area contributed by atoms with E-state index >= 15 is 0 Å². The highest BCUT2D eigenvalue weighted by Crippen LogP contribution is 2.31. The summed E-state index contributed by atoms with van der Waals surface area (Å²) in [5.74, 6) is -1.10. The minimum atomic E-state index is -1.10. The van der Waals surface area contributed by atoms with E-state index in [1.54, 1.807) is 12.1 Å². The molecule has 0 fully saturated rings. The normalized spacial score (nSPS) is 13.2. The molecule has 7 heteroatoms. The van der Waals surface area contributed by atoms with Gasteiger partial charge in [0.2, 0.25) is 0 Å². The van der Waals surface area contributed by atoms with Crippen molar-refractivity contribution >= 4 is 11.7 Å². The molecule has 2 aromatic rings. The number of benzene rings is 1. The van der Waals surface area contributed by atoms with Gasteiger partial charge in [-0.3, -0.25) is 10.1 Å². The molecule has 1 aromatic heterocycles. The summed E-state index contributed by atoms with van der Waals surface area (Å²) in [6, 6.07) is 4.74. The van der Waals surface area contributed by atoms with E-state index in [0.717, 1.165) is 17.7 Å². The van der Waals surface area contributed by atoms with E-state index in [2.05, 4.69) is 5.10 Å². The summed E-state index contributed by atoms with van der Waals surface area (Å²) in [5.41, 5.74) is 2.56. The lowest BCUT2D eigenvalue weighted by atomic mass is 10.2. The average molecular weight is 287 g/mol. The molecule has 1 heterocycles. The van der Waals surface area contributed by atoms with E-state index in [4.69, 9.17) is 0 Å². The zero-order chi connectivity index (χ0) is 15.1. The Kier molecular flexibility index (Phi) is 2.97. The summed E-state index contributed by atoms with van der Waals surface area (Å²) in [6.45, 7) is 1.83. The van der Waals surface area contributed by atoms with Gasteiger partial charge in [0.05, 0.1) is 4.92 Å². The van der Waals surface area contributed by atoms with Crippen molar-refractivity contribution in [2.75, 3.05) is 0 Å². The van der Waals surface area contributed by atoms with E-state index in [-0.39, 0.29) is 11.4 Å². The molecule has 1 aliphatic rings. The summed E-state index contributed by atoms with van der Waals surface area (Å²) < 4.78 is 1.43. The second-order valence-electron chi connectivity index (χ2n) is 5.09. The number of carboxylic acids is 1. The second-order valence-corrected chi connectivity index (χ2v) is 5.09. The third-order valence-corrected chi connectivity index (χ3v) is 3.69. The Morgan fingerprint density at radius 1 is 1.43 bits per heavy atom. The van der Waals surface area contributed by atoms with Gasteiger partial charge in [-0.1, -0.05) is 6.07 Å².